The lowest BCUT2D eigenvalue weighted by atomic mass is 9.87. The molecule has 1 aromatic heterocycles. The van der Waals surface area contributed by atoms with Crippen LogP contribution in [0.1, 0.15) is 6.92 Å². The van der Waals surface area contributed by atoms with Crippen molar-refractivity contribution in [3.63, 3.8) is 0 Å². The fraction of sp³-hybridized carbons (Fsp3) is 0.500. The van der Waals surface area contributed by atoms with Gasteiger partial charge in [-0.3, -0.25) is 0 Å². The number of nitrogens with zero attached hydrogens (tertiary/aromatic N) is 3. The molecule has 0 fully saturated rings. The molecule has 6 heteroatoms. The molecule has 0 saturated carbocycles. The van der Waals surface area contributed by atoms with Crippen molar-refractivity contribution >= 4 is 12.7 Å². The number of rotatable bonds is 2. The topological polar surface area (TPSA) is 71.2 Å². The van der Waals surface area contributed by atoms with Crippen molar-refractivity contribution in [2.24, 2.45) is 0 Å². The van der Waals surface area contributed by atoms with E-state index in [1.807, 2.05) is 6.92 Å². The van der Waals surface area contributed by atoms with E-state index in [0.29, 0.717) is 6.54 Å². The molecule has 1 aromatic rings. The van der Waals surface area contributed by atoms with E-state index in [0.717, 1.165) is 0 Å². The lowest BCUT2D eigenvalue weighted by Gasteiger charge is -1.89. The Bertz CT molecular complexity index is 212. The van der Waals surface area contributed by atoms with Crippen molar-refractivity contribution in [2.45, 2.75) is 13.5 Å². The van der Waals surface area contributed by atoms with Crippen molar-refractivity contribution in [3.8, 4) is 0 Å². The first-order valence-corrected chi connectivity index (χ1v) is 3.00. The lowest BCUT2D eigenvalue weighted by molar-refractivity contribution is 0.423. The smallest absolute Gasteiger partial charge is 0.422 e. The van der Waals surface area contributed by atoms with Gasteiger partial charge in [0.05, 0.1) is 12.7 Å². The molecule has 0 aliphatic heterocycles. The molecule has 0 aliphatic rings. The Balaban J connectivity index is 2.78. The predicted octanol–water partition coefficient (Wildman–Crippen LogP) is -2.02. The summed E-state index contributed by atoms with van der Waals surface area (Å²) in [5.74, 6) is 0. The Hall–Kier alpha value is -0.875. The van der Waals surface area contributed by atoms with E-state index in [2.05, 4.69) is 10.2 Å². The highest BCUT2D eigenvalue weighted by Gasteiger charge is 2.14. The molecule has 0 saturated heterocycles. The van der Waals surface area contributed by atoms with Crippen LogP contribution in [0.2, 0.25) is 0 Å². The molecule has 0 aliphatic carbocycles. The molecule has 0 aromatic carbocycles. The first-order valence-electron chi connectivity index (χ1n) is 3.00. The molecule has 0 radical (unpaired) electrons. The van der Waals surface area contributed by atoms with Crippen molar-refractivity contribution in [1.82, 2.24) is 15.0 Å². The van der Waals surface area contributed by atoms with Gasteiger partial charge in [-0.25, -0.2) is 0 Å². The Kier molecular flexibility index (Phi) is 2.03. The Morgan fingerprint density at radius 3 is 2.70 bits per heavy atom. The van der Waals surface area contributed by atoms with Gasteiger partial charge in [0, 0.05) is 0 Å². The van der Waals surface area contributed by atoms with E-state index in [-0.39, 0.29) is 5.59 Å². The van der Waals surface area contributed by atoms with E-state index in [1.165, 1.54) is 11.0 Å². The SMILES string of the molecule is CCn1ncc(B(O)O)n1. The van der Waals surface area contributed by atoms with E-state index in [9.17, 15) is 0 Å². The summed E-state index contributed by atoms with van der Waals surface area (Å²) in [4.78, 5) is 1.38. The van der Waals surface area contributed by atoms with Crippen LogP contribution in [0.25, 0.3) is 0 Å². The monoisotopic (exact) mass is 141 g/mol. The highest BCUT2D eigenvalue weighted by Crippen LogP contribution is 1.75. The summed E-state index contributed by atoms with van der Waals surface area (Å²) in [6.07, 6.45) is 1.33. The molecule has 1 heterocycles. The van der Waals surface area contributed by atoms with Gasteiger partial charge in [0.15, 0.2) is 0 Å². The molecule has 5 nitrogen and oxygen atoms in total. The Morgan fingerprint density at radius 2 is 2.40 bits per heavy atom. The quantitative estimate of drug-likeness (QED) is 0.466. The summed E-state index contributed by atoms with van der Waals surface area (Å²) in [7, 11) is -1.51. The first kappa shape index (κ1) is 7.23. The van der Waals surface area contributed by atoms with Crippen LogP contribution in [0.3, 0.4) is 0 Å². The molecule has 0 spiro atoms. The molecular weight excluding hydrogens is 133 g/mol. The Morgan fingerprint density at radius 1 is 1.70 bits per heavy atom. The number of hydrogen-bond acceptors (Lipinski definition) is 4. The van der Waals surface area contributed by atoms with Gasteiger partial charge >= 0.3 is 7.12 Å². The van der Waals surface area contributed by atoms with E-state index in [1.54, 1.807) is 0 Å². The summed E-state index contributed by atoms with van der Waals surface area (Å²) < 4.78 is 0. The van der Waals surface area contributed by atoms with Crippen LogP contribution in [0, 0.1) is 0 Å². The maximum atomic E-state index is 8.57. The number of aromatic nitrogens is 3. The maximum absolute atomic E-state index is 8.57. The van der Waals surface area contributed by atoms with Gasteiger partial charge in [0.25, 0.3) is 0 Å². The third-order valence-electron chi connectivity index (χ3n) is 1.10. The van der Waals surface area contributed by atoms with Gasteiger partial charge in [0.2, 0.25) is 0 Å². The zero-order chi connectivity index (χ0) is 7.56. The minimum absolute atomic E-state index is 0.182. The Labute approximate surface area is 58.4 Å². The third kappa shape index (κ3) is 1.34. The fourth-order valence-corrected chi connectivity index (χ4v) is 0.581. The van der Waals surface area contributed by atoms with E-state index < -0.39 is 7.12 Å². The average Bonchev–Trinajstić information content (AvgIpc) is 2.34. The molecule has 0 amide bonds. The molecule has 1 rings (SSSR count). The van der Waals surface area contributed by atoms with Gasteiger partial charge in [-0.05, 0) is 6.92 Å². The highest BCUT2D eigenvalue weighted by molar-refractivity contribution is 6.57. The fourth-order valence-electron chi connectivity index (χ4n) is 0.581. The number of hydrogen-bond donors (Lipinski definition) is 2. The van der Waals surface area contributed by atoms with Gasteiger partial charge in [-0.1, -0.05) is 0 Å². The van der Waals surface area contributed by atoms with Gasteiger partial charge in [0.1, 0.15) is 5.59 Å². The van der Waals surface area contributed by atoms with Crippen molar-refractivity contribution in [2.75, 3.05) is 0 Å². The normalized spacial score (nSPS) is 9.90. The van der Waals surface area contributed by atoms with Crippen LogP contribution >= 0.6 is 0 Å². The molecule has 10 heavy (non-hydrogen) atoms. The van der Waals surface area contributed by atoms with Crippen LogP contribution in [-0.2, 0) is 6.54 Å². The second kappa shape index (κ2) is 2.81. The first-order chi connectivity index (χ1) is 4.74. The van der Waals surface area contributed by atoms with Crippen molar-refractivity contribution in [3.05, 3.63) is 6.20 Å². The molecule has 0 atom stereocenters. The summed E-state index contributed by atoms with van der Waals surface area (Å²) in [6.45, 7) is 2.50. The lowest BCUT2D eigenvalue weighted by Crippen LogP contribution is -2.31. The van der Waals surface area contributed by atoms with Crippen LogP contribution in [0.15, 0.2) is 6.20 Å². The standard InChI is InChI=1S/C4H8BN3O2/c1-2-8-6-3-4(7-8)5(9)10/h3,9-10H,2H2,1H3. The van der Waals surface area contributed by atoms with Gasteiger partial charge in [-0.15, -0.1) is 0 Å². The largest absolute Gasteiger partial charge is 0.511 e. The predicted molar refractivity (Wildman–Crippen MR) is 35.5 cm³/mol. The molecule has 2 N–H and O–H groups in total. The van der Waals surface area contributed by atoms with Crippen LogP contribution in [0.4, 0.5) is 0 Å². The third-order valence-corrected chi connectivity index (χ3v) is 1.10. The maximum Gasteiger partial charge on any atom is 0.511 e. The molecule has 0 bridgehead atoms. The number of aryl methyl sites for hydroxylation is 1. The molecule has 54 valence electrons. The van der Waals surface area contributed by atoms with E-state index >= 15 is 0 Å². The van der Waals surface area contributed by atoms with Crippen molar-refractivity contribution < 1.29 is 10.0 Å². The van der Waals surface area contributed by atoms with Crippen LogP contribution in [0.5, 0.6) is 0 Å². The summed E-state index contributed by atoms with van der Waals surface area (Å²) in [5.41, 5.74) is 0.182. The average molecular weight is 141 g/mol. The highest BCUT2D eigenvalue weighted by atomic mass is 16.4. The van der Waals surface area contributed by atoms with Crippen LogP contribution in [-0.4, -0.2) is 32.2 Å². The second-order valence-electron chi connectivity index (χ2n) is 1.83. The molecular formula is C4H8BN3O2. The summed E-state index contributed by atoms with van der Waals surface area (Å²) in [5, 5.41) is 24.6. The van der Waals surface area contributed by atoms with Gasteiger partial charge in [-0.2, -0.15) is 15.0 Å². The molecule has 0 unspecified atom stereocenters. The van der Waals surface area contributed by atoms with Crippen molar-refractivity contribution in [1.29, 1.82) is 0 Å². The minimum Gasteiger partial charge on any atom is -0.422 e. The van der Waals surface area contributed by atoms with Gasteiger partial charge < -0.3 is 10.0 Å². The van der Waals surface area contributed by atoms with E-state index in [4.69, 9.17) is 10.0 Å². The van der Waals surface area contributed by atoms with Crippen LogP contribution < -0.4 is 5.59 Å². The summed E-state index contributed by atoms with van der Waals surface area (Å²) in [6, 6.07) is 0. The zero-order valence-corrected chi connectivity index (χ0v) is 5.60. The summed E-state index contributed by atoms with van der Waals surface area (Å²) >= 11 is 0. The minimum atomic E-state index is -1.51. The second-order valence-corrected chi connectivity index (χ2v) is 1.83. The zero-order valence-electron chi connectivity index (χ0n) is 5.60.